The highest BCUT2D eigenvalue weighted by Gasteiger charge is 2.17. The van der Waals surface area contributed by atoms with Crippen LogP contribution >= 0.6 is 27.7 Å². The van der Waals surface area contributed by atoms with E-state index in [4.69, 9.17) is 5.73 Å². The van der Waals surface area contributed by atoms with Gasteiger partial charge in [0.1, 0.15) is 0 Å². The molecule has 0 unspecified atom stereocenters. The van der Waals surface area contributed by atoms with Crippen molar-refractivity contribution in [2.24, 2.45) is 0 Å². The van der Waals surface area contributed by atoms with E-state index in [1.54, 1.807) is 13.0 Å². The molecule has 1 aromatic carbocycles. The maximum Gasteiger partial charge on any atom is 0.240 e. The van der Waals surface area contributed by atoms with E-state index in [9.17, 15) is 8.42 Å². The van der Waals surface area contributed by atoms with Crippen molar-refractivity contribution in [1.29, 1.82) is 0 Å². The lowest BCUT2D eigenvalue weighted by molar-refractivity contribution is 0.573. The van der Waals surface area contributed by atoms with Gasteiger partial charge in [0.2, 0.25) is 10.0 Å². The van der Waals surface area contributed by atoms with E-state index in [1.165, 1.54) is 18.2 Å². The van der Waals surface area contributed by atoms with Crippen molar-refractivity contribution in [2.45, 2.75) is 37.5 Å². The zero-order chi connectivity index (χ0) is 15.9. The van der Waals surface area contributed by atoms with E-state index in [2.05, 4.69) is 26.9 Å². The summed E-state index contributed by atoms with van der Waals surface area (Å²) in [7, 11) is -3.48. The number of rotatable bonds is 9. The predicted octanol–water partition coefficient (Wildman–Crippen LogP) is 3.54. The van der Waals surface area contributed by atoms with Gasteiger partial charge in [0.15, 0.2) is 0 Å². The Morgan fingerprint density at radius 1 is 1.24 bits per heavy atom. The minimum absolute atomic E-state index is 0.255. The molecule has 1 aromatic rings. The first-order valence-corrected chi connectivity index (χ1v) is 10.6. The zero-order valence-corrected chi connectivity index (χ0v) is 15.7. The molecule has 0 spiro atoms. The highest BCUT2D eigenvalue weighted by atomic mass is 79.9. The largest absolute Gasteiger partial charge is 0.398 e. The molecule has 120 valence electrons. The van der Waals surface area contributed by atoms with Crippen LogP contribution in [0.25, 0.3) is 0 Å². The average molecular weight is 395 g/mol. The Morgan fingerprint density at radius 3 is 2.57 bits per heavy atom. The lowest BCUT2D eigenvalue weighted by Gasteiger charge is -2.11. The number of aryl methyl sites for hydroxylation is 1. The molecular weight excluding hydrogens is 372 g/mol. The molecule has 0 saturated heterocycles. The maximum absolute atomic E-state index is 12.3. The van der Waals surface area contributed by atoms with Crippen molar-refractivity contribution in [1.82, 2.24) is 4.72 Å². The van der Waals surface area contributed by atoms with Gasteiger partial charge in [0.05, 0.1) is 4.90 Å². The molecule has 1 rings (SSSR count). The van der Waals surface area contributed by atoms with Gasteiger partial charge >= 0.3 is 0 Å². The first kappa shape index (κ1) is 18.8. The Labute approximate surface area is 140 Å². The van der Waals surface area contributed by atoms with Gasteiger partial charge in [-0.3, -0.25) is 0 Å². The Balaban J connectivity index is 2.53. The molecular formula is C14H23BrN2O2S2. The third-order valence-corrected chi connectivity index (χ3v) is 6.14. The number of benzene rings is 1. The highest BCUT2D eigenvalue weighted by molar-refractivity contribution is 9.10. The Morgan fingerprint density at radius 2 is 1.90 bits per heavy atom. The van der Waals surface area contributed by atoms with Crippen molar-refractivity contribution in [3.63, 3.8) is 0 Å². The molecule has 0 saturated carbocycles. The van der Waals surface area contributed by atoms with Gasteiger partial charge in [-0.1, -0.05) is 12.8 Å². The summed E-state index contributed by atoms with van der Waals surface area (Å²) in [5.74, 6) is 1.17. The van der Waals surface area contributed by atoms with E-state index >= 15 is 0 Å². The van der Waals surface area contributed by atoms with Crippen LogP contribution in [-0.2, 0) is 10.0 Å². The Kier molecular flexibility index (Phi) is 8.08. The molecule has 4 nitrogen and oxygen atoms in total. The molecule has 0 amide bonds. The first-order valence-electron chi connectivity index (χ1n) is 6.92. The predicted molar refractivity (Wildman–Crippen MR) is 95.3 cm³/mol. The summed E-state index contributed by atoms with van der Waals surface area (Å²) in [6.07, 6.45) is 6.34. The summed E-state index contributed by atoms with van der Waals surface area (Å²) in [5.41, 5.74) is 6.88. The molecule has 0 heterocycles. The lowest BCUT2D eigenvalue weighted by Crippen LogP contribution is -2.25. The van der Waals surface area contributed by atoms with Crippen LogP contribution in [0.4, 0.5) is 5.69 Å². The molecule has 0 bridgehead atoms. The van der Waals surface area contributed by atoms with Gasteiger partial charge in [-0.25, -0.2) is 13.1 Å². The fraction of sp³-hybridized carbons (Fsp3) is 0.571. The normalized spacial score (nSPS) is 11.8. The number of nitrogens with one attached hydrogen (secondary N) is 1. The van der Waals surface area contributed by atoms with Crippen molar-refractivity contribution >= 4 is 43.4 Å². The summed E-state index contributed by atoms with van der Waals surface area (Å²) in [6.45, 7) is 2.23. The summed E-state index contributed by atoms with van der Waals surface area (Å²) in [4.78, 5) is 0.255. The highest BCUT2D eigenvalue weighted by Crippen LogP contribution is 2.26. The molecule has 0 aromatic heterocycles. The molecule has 0 aliphatic carbocycles. The van der Waals surface area contributed by atoms with Crippen molar-refractivity contribution in [2.75, 3.05) is 24.3 Å². The van der Waals surface area contributed by atoms with Crippen molar-refractivity contribution < 1.29 is 8.42 Å². The second kappa shape index (κ2) is 9.02. The van der Waals surface area contributed by atoms with Gasteiger partial charge in [-0.2, -0.15) is 11.8 Å². The number of anilines is 1. The van der Waals surface area contributed by atoms with Crippen LogP contribution in [0.15, 0.2) is 21.5 Å². The van der Waals surface area contributed by atoms with E-state index in [0.29, 0.717) is 22.3 Å². The molecule has 0 fully saturated rings. The van der Waals surface area contributed by atoms with Crippen LogP contribution in [0.2, 0.25) is 0 Å². The van der Waals surface area contributed by atoms with Gasteiger partial charge in [-0.15, -0.1) is 0 Å². The second-order valence-electron chi connectivity index (χ2n) is 4.94. The third-order valence-electron chi connectivity index (χ3n) is 3.15. The minimum Gasteiger partial charge on any atom is -0.398 e. The molecule has 7 heteroatoms. The number of nitrogen functional groups attached to an aromatic ring is 1. The summed E-state index contributed by atoms with van der Waals surface area (Å²) in [6, 6.07) is 3.23. The molecule has 0 aliphatic heterocycles. The van der Waals surface area contributed by atoms with Gasteiger partial charge in [-0.05, 0) is 65.4 Å². The van der Waals surface area contributed by atoms with Crippen LogP contribution in [-0.4, -0.2) is 27.0 Å². The number of hydrogen-bond donors (Lipinski definition) is 2. The fourth-order valence-electron chi connectivity index (χ4n) is 1.97. The standard InChI is InChI=1S/C14H23BrN2O2S2/c1-11-9-12(15)13(16)10-14(11)21(18,19)17-7-5-3-4-6-8-20-2/h9-10,17H,3-8,16H2,1-2H3. The fourth-order valence-corrected chi connectivity index (χ4v) is 4.25. The maximum atomic E-state index is 12.3. The molecule has 3 N–H and O–H groups in total. The summed E-state index contributed by atoms with van der Waals surface area (Å²) < 4.78 is 27.9. The Bertz CT molecular complexity index is 562. The van der Waals surface area contributed by atoms with Crippen LogP contribution < -0.4 is 10.5 Å². The topological polar surface area (TPSA) is 72.2 Å². The van der Waals surface area contributed by atoms with E-state index in [-0.39, 0.29) is 4.90 Å². The van der Waals surface area contributed by atoms with Crippen LogP contribution in [0.3, 0.4) is 0 Å². The number of sulfonamides is 1. The minimum atomic E-state index is -3.48. The van der Waals surface area contributed by atoms with Crippen LogP contribution in [0, 0.1) is 6.92 Å². The first-order chi connectivity index (χ1) is 9.88. The molecule has 0 radical (unpaired) electrons. The number of unbranched alkanes of at least 4 members (excludes halogenated alkanes) is 3. The lowest BCUT2D eigenvalue weighted by atomic mass is 10.2. The number of thioether (sulfide) groups is 1. The van der Waals surface area contributed by atoms with Crippen molar-refractivity contribution in [3.05, 3.63) is 22.2 Å². The molecule has 21 heavy (non-hydrogen) atoms. The van der Waals surface area contributed by atoms with Gasteiger partial charge in [0, 0.05) is 16.7 Å². The van der Waals surface area contributed by atoms with E-state index in [1.807, 2.05) is 11.8 Å². The summed E-state index contributed by atoms with van der Waals surface area (Å²) in [5, 5.41) is 0. The van der Waals surface area contributed by atoms with E-state index < -0.39 is 10.0 Å². The number of hydrogen-bond acceptors (Lipinski definition) is 4. The second-order valence-corrected chi connectivity index (χ2v) is 8.52. The molecule has 0 atom stereocenters. The summed E-state index contributed by atoms with van der Waals surface area (Å²) >= 11 is 5.14. The monoisotopic (exact) mass is 394 g/mol. The van der Waals surface area contributed by atoms with Gasteiger partial charge < -0.3 is 5.73 Å². The van der Waals surface area contributed by atoms with Crippen LogP contribution in [0.5, 0.6) is 0 Å². The zero-order valence-electron chi connectivity index (χ0n) is 12.5. The third kappa shape index (κ3) is 6.18. The smallest absolute Gasteiger partial charge is 0.240 e. The van der Waals surface area contributed by atoms with Crippen molar-refractivity contribution in [3.8, 4) is 0 Å². The quantitative estimate of drug-likeness (QED) is 0.496. The average Bonchev–Trinajstić information content (AvgIpc) is 2.41. The number of nitrogens with two attached hydrogens (primary N) is 1. The molecule has 0 aliphatic rings. The Hall–Kier alpha value is -0.240. The SMILES string of the molecule is CSCCCCCCNS(=O)(=O)c1cc(N)c(Br)cc1C. The van der Waals surface area contributed by atoms with Crippen LogP contribution in [0.1, 0.15) is 31.2 Å². The number of halogens is 1. The van der Waals surface area contributed by atoms with E-state index in [0.717, 1.165) is 19.3 Å². The van der Waals surface area contributed by atoms with Gasteiger partial charge in [0.25, 0.3) is 0 Å².